The summed E-state index contributed by atoms with van der Waals surface area (Å²) >= 11 is 2.91. The second-order valence-electron chi connectivity index (χ2n) is 2.30. The first-order valence-electron chi connectivity index (χ1n) is 3.39. The predicted octanol–water partition coefficient (Wildman–Crippen LogP) is 2.38. The SMILES string of the molecule is NCc1c(Br)ncc(C(F)F)c1F. The summed E-state index contributed by atoms with van der Waals surface area (Å²) in [5.41, 5.74) is 4.42. The fraction of sp³-hybridized carbons (Fsp3) is 0.286. The molecule has 1 aromatic heterocycles. The topological polar surface area (TPSA) is 38.9 Å². The molecule has 13 heavy (non-hydrogen) atoms. The van der Waals surface area contributed by atoms with Crippen molar-refractivity contribution in [3.05, 3.63) is 27.7 Å². The Morgan fingerprint density at radius 1 is 1.54 bits per heavy atom. The van der Waals surface area contributed by atoms with Gasteiger partial charge in [-0.15, -0.1) is 0 Å². The lowest BCUT2D eigenvalue weighted by atomic mass is 10.2. The van der Waals surface area contributed by atoms with E-state index in [9.17, 15) is 13.2 Å². The summed E-state index contributed by atoms with van der Waals surface area (Å²) < 4.78 is 37.6. The number of rotatable bonds is 2. The summed E-state index contributed by atoms with van der Waals surface area (Å²) in [5.74, 6) is -0.987. The molecule has 6 heteroatoms. The van der Waals surface area contributed by atoms with Crippen molar-refractivity contribution >= 4 is 15.9 Å². The number of alkyl halides is 2. The Balaban J connectivity index is 3.27. The minimum absolute atomic E-state index is 0.0298. The molecule has 0 amide bonds. The van der Waals surface area contributed by atoms with E-state index in [2.05, 4.69) is 20.9 Å². The van der Waals surface area contributed by atoms with Crippen LogP contribution in [-0.2, 0) is 6.54 Å². The molecule has 0 unspecified atom stereocenters. The van der Waals surface area contributed by atoms with Gasteiger partial charge in [-0.25, -0.2) is 18.2 Å². The Hall–Kier alpha value is -0.620. The maximum Gasteiger partial charge on any atom is 0.268 e. The Morgan fingerprint density at radius 2 is 2.15 bits per heavy atom. The average molecular weight is 255 g/mol. The van der Waals surface area contributed by atoms with Crippen molar-refractivity contribution in [3.8, 4) is 0 Å². The van der Waals surface area contributed by atoms with Gasteiger partial charge in [-0.2, -0.15) is 0 Å². The maximum atomic E-state index is 13.2. The number of halogens is 4. The fourth-order valence-corrected chi connectivity index (χ4v) is 1.29. The van der Waals surface area contributed by atoms with Crippen LogP contribution in [0.5, 0.6) is 0 Å². The van der Waals surface area contributed by atoms with Gasteiger partial charge in [0, 0.05) is 18.3 Å². The first-order valence-corrected chi connectivity index (χ1v) is 4.18. The molecule has 0 aliphatic carbocycles. The van der Waals surface area contributed by atoms with Crippen molar-refractivity contribution in [3.63, 3.8) is 0 Å². The van der Waals surface area contributed by atoms with E-state index < -0.39 is 17.8 Å². The molecule has 0 atom stereocenters. The molecule has 0 fully saturated rings. The number of nitrogens with two attached hydrogens (primary N) is 1. The van der Waals surface area contributed by atoms with Crippen LogP contribution in [0, 0.1) is 5.82 Å². The molecular weight excluding hydrogens is 249 g/mol. The molecule has 1 aromatic rings. The van der Waals surface area contributed by atoms with Gasteiger partial charge in [0.2, 0.25) is 0 Å². The van der Waals surface area contributed by atoms with Gasteiger partial charge in [0.15, 0.2) is 0 Å². The quantitative estimate of drug-likeness (QED) is 0.824. The van der Waals surface area contributed by atoms with Gasteiger partial charge in [0.1, 0.15) is 10.4 Å². The Morgan fingerprint density at radius 3 is 2.62 bits per heavy atom. The molecule has 0 spiro atoms. The number of aromatic nitrogens is 1. The molecule has 0 aliphatic heterocycles. The molecule has 72 valence electrons. The normalized spacial score (nSPS) is 10.9. The Bertz CT molecular complexity index is 317. The predicted molar refractivity (Wildman–Crippen MR) is 44.7 cm³/mol. The van der Waals surface area contributed by atoms with Crippen LogP contribution in [0.15, 0.2) is 10.8 Å². The van der Waals surface area contributed by atoms with Gasteiger partial charge in [0.05, 0.1) is 5.56 Å². The molecule has 0 radical (unpaired) electrons. The van der Waals surface area contributed by atoms with Crippen LogP contribution >= 0.6 is 15.9 Å². The number of nitrogens with zero attached hydrogens (tertiary/aromatic N) is 1. The molecule has 2 nitrogen and oxygen atoms in total. The van der Waals surface area contributed by atoms with Crippen LogP contribution < -0.4 is 5.73 Å². The second kappa shape index (κ2) is 4.06. The highest BCUT2D eigenvalue weighted by atomic mass is 79.9. The first-order chi connectivity index (χ1) is 6.07. The number of hydrogen-bond acceptors (Lipinski definition) is 2. The van der Waals surface area contributed by atoms with Gasteiger partial charge < -0.3 is 5.73 Å². The third-order valence-corrected chi connectivity index (χ3v) is 2.21. The van der Waals surface area contributed by atoms with E-state index in [0.717, 1.165) is 6.20 Å². The van der Waals surface area contributed by atoms with Crippen molar-refractivity contribution in [1.29, 1.82) is 0 Å². The van der Waals surface area contributed by atoms with E-state index in [1.165, 1.54) is 0 Å². The highest BCUT2D eigenvalue weighted by Crippen LogP contribution is 2.26. The molecule has 0 bridgehead atoms. The number of pyridine rings is 1. The van der Waals surface area contributed by atoms with Crippen LogP contribution in [0.2, 0.25) is 0 Å². The standard InChI is InChI=1S/C7H6BrF3N2/c8-6-3(1-12)5(9)4(2-13-6)7(10)11/h2,7H,1,12H2. The first kappa shape index (κ1) is 10.5. The summed E-state index contributed by atoms with van der Waals surface area (Å²) in [6.07, 6.45) is -2.07. The summed E-state index contributed by atoms with van der Waals surface area (Å²) in [5, 5.41) is 0. The van der Waals surface area contributed by atoms with Gasteiger partial charge in [-0.05, 0) is 15.9 Å². The minimum Gasteiger partial charge on any atom is -0.326 e. The van der Waals surface area contributed by atoms with Gasteiger partial charge in [-0.3, -0.25) is 0 Å². The maximum absolute atomic E-state index is 13.2. The van der Waals surface area contributed by atoms with E-state index >= 15 is 0 Å². The molecule has 2 N–H and O–H groups in total. The monoisotopic (exact) mass is 254 g/mol. The third kappa shape index (κ3) is 2.00. The molecule has 1 rings (SSSR count). The lowest BCUT2D eigenvalue weighted by Gasteiger charge is -2.06. The Labute approximate surface area is 81.1 Å². The molecule has 0 saturated carbocycles. The van der Waals surface area contributed by atoms with Crippen molar-refractivity contribution in [2.24, 2.45) is 5.73 Å². The Kier molecular flexibility index (Phi) is 3.27. The summed E-state index contributed by atoms with van der Waals surface area (Å²) in [4.78, 5) is 3.55. The smallest absolute Gasteiger partial charge is 0.268 e. The van der Waals surface area contributed by atoms with Crippen LogP contribution in [-0.4, -0.2) is 4.98 Å². The second-order valence-corrected chi connectivity index (χ2v) is 3.05. The van der Waals surface area contributed by atoms with Gasteiger partial charge in [0.25, 0.3) is 6.43 Å². The van der Waals surface area contributed by atoms with Crippen LogP contribution in [0.1, 0.15) is 17.6 Å². The van der Waals surface area contributed by atoms with E-state index in [-0.39, 0.29) is 16.7 Å². The summed E-state index contributed by atoms with van der Waals surface area (Å²) in [6.45, 7) is -0.167. The minimum atomic E-state index is -2.87. The molecule has 0 aromatic carbocycles. The highest BCUT2D eigenvalue weighted by molar-refractivity contribution is 9.10. The average Bonchev–Trinajstić information content (AvgIpc) is 2.04. The summed E-state index contributed by atoms with van der Waals surface area (Å²) in [7, 11) is 0. The zero-order valence-electron chi connectivity index (χ0n) is 6.40. The van der Waals surface area contributed by atoms with E-state index in [1.807, 2.05) is 0 Å². The van der Waals surface area contributed by atoms with Crippen LogP contribution in [0.25, 0.3) is 0 Å². The molecule has 1 heterocycles. The van der Waals surface area contributed by atoms with Gasteiger partial charge >= 0.3 is 0 Å². The van der Waals surface area contributed by atoms with Gasteiger partial charge in [-0.1, -0.05) is 0 Å². The van der Waals surface area contributed by atoms with Crippen molar-refractivity contribution in [1.82, 2.24) is 4.98 Å². The molecular formula is C7H6BrF3N2. The molecule has 0 aliphatic rings. The van der Waals surface area contributed by atoms with Crippen molar-refractivity contribution in [2.75, 3.05) is 0 Å². The number of hydrogen-bond donors (Lipinski definition) is 1. The lowest BCUT2D eigenvalue weighted by Crippen LogP contribution is -2.06. The largest absolute Gasteiger partial charge is 0.326 e. The third-order valence-electron chi connectivity index (χ3n) is 1.52. The highest BCUT2D eigenvalue weighted by Gasteiger charge is 2.18. The van der Waals surface area contributed by atoms with E-state index in [1.54, 1.807) is 0 Å². The fourth-order valence-electron chi connectivity index (χ4n) is 0.852. The van der Waals surface area contributed by atoms with Crippen LogP contribution in [0.4, 0.5) is 13.2 Å². The van der Waals surface area contributed by atoms with Crippen molar-refractivity contribution < 1.29 is 13.2 Å². The van der Waals surface area contributed by atoms with Crippen LogP contribution in [0.3, 0.4) is 0 Å². The zero-order valence-corrected chi connectivity index (χ0v) is 7.98. The van der Waals surface area contributed by atoms with Crippen molar-refractivity contribution in [2.45, 2.75) is 13.0 Å². The van der Waals surface area contributed by atoms with E-state index in [0.29, 0.717) is 0 Å². The molecule has 0 saturated heterocycles. The zero-order chi connectivity index (χ0) is 10.0. The van der Waals surface area contributed by atoms with E-state index in [4.69, 9.17) is 5.73 Å². The summed E-state index contributed by atoms with van der Waals surface area (Å²) in [6, 6.07) is 0. The lowest BCUT2D eigenvalue weighted by molar-refractivity contribution is 0.145.